The summed E-state index contributed by atoms with van der Waals surface area (Å²) in [5, 5.41) is 6.56. The predicted octanol–water partition coefficient (Wildman–Crippen LogP) is 3.62. The fourth-order valence-electron chi connectivity index (χ4n) is 2.44. The Labute approximate surface area is 185 Å². The molecule has 7 heteroatoms. The van der Waals surface area contributed by atoms with Crippen LogP contribution in [0.4, 0.5) is 0 Å². The SMILES string of the molecule is CCNC(=NCCCOCCOCc1ccccc1)NCCc1ccco1.I. The average Bonchev–Trinajstić information content (AvgIpc) is 3.21. The molecule has 0 amide bonds. The summed E-state index contributed by atoms with van der Waals surface area (Å²) in [7, 11) is 0. The van der Waals surface area contributed by atoms with Gasteiger partial charge in [0, 0.05) is 32.7 Å². The maximum Gasteiger partial charge on any atom is 0.191 e. The van der Waals surface area contributed by atoms with Crippen molar-refractivity contribution in [2.24, 2.45) is 4.99 Å². The Kier molecular flexibility index (Phi) is 14.3. The molecule has 1 aromatic heterocycles. The van der Waals surface area contributed by atoms with Crippen molar-refractivity contribution in [3.05, 3.63) is 60.1 Å². The van der Waals surface area contributed by atoms with Gasteiger partial charge in [0.2, 0.25) is 0 Å². The lowest BCUT2D eigenvalue weighted by Crippen LogP contribution is -2.38. The largest absolute Gasteiger partial charge is 0.469 e. The fraction of sp³-hybridized carbons (Fsp3) is 0.476. The van der Waals surface area contributed by atoms with Gasteiger partial charge >= 0.3 is 0 Å². The number of rotatable bonds is 13. The Morgan fingerprint density at radius 3 is 2.57 bits per heavy atom. The van der Waals surface area contributed by atoms with E-state index < -0.39 is 0 Å². The molecule has 0 saturated heterocycles. The van der Waals surface area contributed by atoms with Crippen LogP contribution in [0.15, 0.2) is 58.1 Å². The third kappa shape index (κ3) is 11.3. The molecule has 0 bridgehead atoms. The summed E-state index contributed by atoms with van der Waals surface area (Å²) >= 11 is 0. The number of hydrogen-bond donors (Lipinski definition) is 2. The summed E-state index contributed by atoms with van der Waals surface area (Å²) in [6.45, 7) is 6.93. The zero-order chi connectivity index (χ0) is 19.0. The van der Waals surface area contributed by atoms with Crippen molar-refractivity contribution >= 4 is 29.9 Å². The first-order valence-corrected chi connectivity index (χ1v) is 9.62. The minimum atomic E-state index is 0. The molecule has 0 aliphatic heterocycles. The summed E-state index contributed by atoms with van der Waals surface area (Å²) in [5.41, 5.74) is 1.18. The Morgan fingerprint density at radius 1 is 1.00 bits per heavy atom. The second-order valence-electron chi connectivity index (χ2n) is 6.02. The average molecular weight is 501 g/mol. The van der Waals surface area contributed by atoms with E-state index in [9.17, 15) is 0 Å². The lowest BCUT2D eigenvalue weighted by Gasteiger charge is -2.10. The van der Waals surface area contributed by atoms with Gasteiger partial charge in [0.05, 0.1) is 26.1 Å². The number of aliphatic imine (C=N–C) groups is 1. The smallest absolute Gasteiger partial charge is 0.191 e. The summed E-state index contributed by atoms with van der Waals surface area (Å²) < 4.78 is 16.5. The highest BCUT2D eigenvalue weighted by Gasteiger charge is 1.99. The monoisotopic (exact) mass is 501 g/mol. The van der Waals surface area contributed by atoms with Gasteiger partial charge in [-0.2, -0.15) is 0 Å². The van der Waals surface area contributed by atoms with E-state index in [2.05, 4.69) is 34.7 Å². The van der Waals surface area contributed by atoms with E-state index in [1.807, 2.05) is 30.3 Å². The minimum absolute atomic E-state index is 0. The lowest BCUT2D eigenvalue weighted by molar-refractivity contribution is 0.0403. The topological polar surface area (TPSA) is 68.0 Å². The van der Waals surface area contributed by atoms with E-state index in [0.29, 0.717) is 26.4 Å². The molecule has 2 aromatic rings. The van der Waals surface area contributed by atoms with Crippen LogP contribution >= 0.6 is 24.0 Å². The highest BCUT2D eigenvalue weighted by molar-refractivity contribution is 14.0. The van der Waals surface area contributed by atoms with E-state index in [4.69, 9.17) is 13.9 Å². The van der Waals surface area contributed by atoms with E-state index in [-0.39, 0.29) is 24.0 Å². The van der Waals surface area contributed by atoms with Crippen molar-refractivity contribution in [1.82, 2.24) is 10.6 Å². The summed E-state index contributed by atoms with van der Waals surface area (Å²) in [4.78, 5) is 4.56. The molecule has 1 heterocycles. The molecule has 6 nitrogen and oxygen atoms in total. The van der Waals surface area contributed by atoms with E-state index in [1.165, 1.54) is 5.56 Å². The molecule has 0 aliphatic rings. The molecule has 0 aliphatic carbocycles. The number of hydrogen-bond acceptors (Lipinski definition) is 4. The maximum atomic E-state index is 5.60. The third-order valence-corrected chi connectivity index (χ3v) is 3.79. The first-order chi connectivity index (χ1) is 13.4. The molecule has 28 heavy (non-hydrogen) atoms. The van der Waals surface area contributed by atoms with Crippen LogP contribution in [-0.4, -0.2) is 45.4 Å². The number of nitrogens with zero attached hydrogens (tertiary/aromatic N) is 1. The van der Waals surface area contributed by atoms with Crippen LogP contribution in [-0.2, 0) is 22.5 Å². The number of guanidine groups is 1. The molecule has 0 saturated carbocycles. The van der Waals surface area contributed by atoms with E-state index in [1.54, 1.807) is 6.26 Å². The van der Waals surface area contributed by atoms with Crippen molar-refractivity contribution < 1.29 is 13.9 Å². The maximum absolute atomic E-state index is 5.60. The predicted molar refractivity (Wildman–Crippen MR) is 123 cm³/mol. The van der Waals surface area contributed by atoms with Gasteiger partial charge in [0.25, 0.3) is 0 Å². The van der Waals surface area contributed by atoms with Gasteiger partial charge in [-0.05, 0) is 31.0 Å². The number of ether oxygens (including phenoxy) is 2. The first kappa shape index (κ1) is 24.5. The zero-order valence-electron chi connectivity index (χ0n) is 16.6. The Balaban J connectivity index is 0.00000392. The second kappa shape index (κ2) is 16.4. The summed E-state index contributed by atoms with van der Waals surface area (Å²) in [5.74, 6) is 1.80. The summed E-state index contributed by atoms with van der Waals surface area (Å²) in [6, 6.07) is 14.0. The van der Waals surface area contributed by atoms with Gasteiger partial charge in [-0.3, -0.25) is 4.99 Å². The normalized spacial score (nSPS) is 11.1. The van der Waals surface area contributed by atoms with Gasteiger partial charge in [-0.25, -0.2) is 0 Å². The molecule has 2 N–H and O–H groups in total. The minimum Gasteiger partial charge on any atom is -0.469 e. The van der Waals surface area contributed by atoms with E-state index in [0.717, 1.165) is 44.2 Å². The van der Waals surface area contributed by atoms with Crippen LogP contribution in [0.5, 0.6) is 0 Å². The molecule has 2 rings (SSSR count). The van der Waals surface area contributed by atoms with Crippen molar-refractivity contribution in [3.8, 4) is 0 Å². The molecule has 0 radical (unpaired) electrons. The quantitative estimate of drug-likeness (QED) is 0.190. The Morgan fingerprint density at radius 2 is 1.82 bits per heavy atom. The lowest BCUT2D eigenvalue weighted by atomic mass is 10.2. The molecule has 0 unspecified atom stereocenters. The molecule has 1 aromatic carbocycles. The number of benzene rings is 1. The number of halogens is 1. The molecular weight excluding hydrogens is 469 g/mol. The van der Waals surface area contributed by atoms with Gasteiger partial charge in [-0.1, -0.05) is 30.3 Å². The van der Waals surface area contributed by atoms with Crippen LogP contribution in [0.3, 0.4) is 0 Å². The van der Waals surface area contributed by atoms with Crippen LogP contribution in [0.2, 0.25) is 0 Å². The highest BCUT2D eigenvalue weighted by atomic mass is 127. The van der Waals surface area contributed by atoms with Crippen LogP contribution in [0.25, 0.3) is 0 Å². The van der Waals surface area contributed by atoms with Crippen molar-refractivity contribution in [3.63, 3.8) is 0 Å². The standard InChI is InChI=1S/C21H31N3O3.HI/c1-2-22-21(24-13-11-20-10-6-15-27-20)23-12-7-14-25-16-17-26-18-19-8-4-3-5-9-19;/h3-6,8-10,15H,2,7,11-14,16-18H2,1H3,(H2,22,23,24);1H. The first-order valence-electron chi connectivity index (χ1n) is 9.62. The van der Waals surface area contributed by atoms with Crippen LogP contribution in [0, 0.1) is 0 Å². The van der Waals surface area contributed by atoms with Gasteiger partial charge < -0.3 is 24.5 Å². The van der Waals surface area contributed by atoms with Crippen LogP contribution in [0.1, 0.15) is 24.7 Å². The summed E-state index contributed by atoms with van der Waals surface area (Å²) in [6.07, 6.45) is 3.41. The van der Waals surface area contributed by atoms with Crippen LogP contribution < -0.4 is 10.6 Å². The number of nitrogens with one attached hydrogen (secondary N) is 2. The Hall–Kier alpha value is -1.58. The molecule has 0 spiro atoms. The van der Waals surface area contributed by atoms with Crippen molar-refractivity contribution in [1.29, 1.82) is 0 Å². The zero-order valence-corrected chi connectivity index (χ0v) is 18.9. The molecule has 0 atom stereocenters. The Bertz CT molecular complexity index is 621. The second-order valence-corrected chi connectivity index (χ2v) is 6.02. The fourth-order valence-corrected chi connectivity index (χ4v) is 2.44. The third-order valence-electron chi connectivity index (χ3n) is 3.79. The van der Waals surface area contributed by atoms with E-state index >= 15 is 0 Å². The van der Waals surface area contributed by atoms with Gasteiger partial charge in [0.15, 0.2) is 5.96 Å². The highest BCUT2D eigenvalue weighted by Crippen LogP contribution is 2.00. The molecule has 0 fully saturated rings. The van der Waals surface area contributed by atoms with Gasteiger partial charge in [0.1, 0.15) is 5.76 Å². The number of furan rings is 1. The van der Waals surface area contributed by atoms with Crippen molar-refractivity contribution in [2.45, 2.75) is 26.4 Å². The van der Waals surface area contributed by atoms with Gasteiger partial charge in [-0.15, -0.1) is 24.0 Å². The molecule has 156 valence electrons. The van der Waals surface area contributed by atoms with Crippen molar-refractivity contribution in [2.75, 3.05) is 39.5 Å². The molecular formula is C21H32IN3O3.